The average Bonchev–Trinajstić information content (AvgIpc) is 2.78. The molecule has 4 rings (SSSR count). The van der Waals surface area contributed by atoms with Gasteiger partial charge in [-0.2, -0.15) is 4.98 Å². The Hall–Kier alpha value is -3.69. The lowest BCUT2D eigenvalue weighted by molar-refractivity contribution is 0.293. The van der Waals surface area contributed by atoms with Crippen molar-refractivity contribution in [2.75, 3.05) is 5.32 Å². The summed E-state index contributed by atoms with van der Waals surface area (Å²) in [7, 11) is -3.91. The highest BCUT2D eigenvalue weighted by atomic mass is 32.2. The zero-order valence-corrected chi connectivity index (χ0v) is 19.0. The van der Waals surface area contributed by atoms with Crippen molar-refractivity contribution in [2.45, 2.75) is 31.4 Å². The summed E-state index contributed by atoms with van der Waals surface area (Å²) in [6, 6.07) is 18.9. The molecular weight excluding hydrogens is 440 g/mol. The van der Waals surface area contributed by atoms with E-state index in [4.69, 9.17) is 9.88 Å². The number of aryl methyl sites for hydroxylation is 1. The Morgan fingerprint density at radius 1 is 1.09 bits per heavy atom. The number of hydrogen-bond acceptors (Lipinski definition) is 6. The maximum Gasteiger partial charge on any atom is 0.261 e. The van der Waals surface area contributed by atoms with E-state index in [0.717, 1.165) is 11.1 Å². The van der Waals surface area contributed by atoms with Crippen LogP contribution in [0.2, 0.25) is 0 Å². The number of ether oxygens (including phenoxy) is 1. The number of sulfonamides is 1. The average molecular weight is 465 g/mol. The largest absolute Gasteiger partial charge is 0.473 e. The summed E-state index contributed by atoms with van der Waals surface area (Å²) in [5.41, 5.74) is 3.04. The molecule has 0 aliphatic carbocycles. The number of hydrogen-bond donors (Lipinski definition) is 2. The maximum atomic E-state index is 12.8. The van der Waals surface area contributed by atoms with E-state index in [2.05, 4.69) is 10.3 Å². The van der Waals surface area contributed by atoms with E-state index < -0.39 is 10.0 Å². The van der Waals surface area contributed by atoms with Crippen LogP contribution in [-0.2, 0) is 16.6 Å². The van der Waals surface area contributed by atoms with E-state index in [0.29, 0.717) is 16.9 Å². The normalized spacial score (nSPS) is 12.5. The van der Waals surface area contributed by atoms with Crippen LogP contribution in [0.5, 0.6) is 5.88 Å². The molecule has 2 heterocycles. The molecule has 0 bridgehead atoms. The molecule has 0 saturated carbocycles. The van der Waals surface area contributed by atoms with Crippen LogP contribution in [-0.4, -0.2) is 17.8 Å². The quantitative estimate of drug-likeness (QED) is 0.433. The predicted octanol–water partition coefficient (Wildman–Crippen LogP) is 3.40. The van der Waals surface area contributed by atoms with E-state index in [-0.39, 0.29) is 29.0 Å². The van der Waals surface area contributed by atoms with Crippen LogP contribution in [0.15, 0.2) is 82.6 Å². The fourth-order valence-corrected chi connectivity index (χ4v) is 4.32. The zero-order valence-electron chi connectivity index (χ0n) is 18.2. The van der Waals surface area contributed by atoms with Crippen molar-refractivity contribution >= 4 is 21.4 Å². The molecule has 8 nitrogen and oxygen atoms in total. The molecule has 2 aromatic heterocycles. The summed E-state index contributed by atoms with van der Waals surface area (Å²) in [6.45, 7) is 4.01. The molecule has 0 aliphatic rings. The lowest BCUT2D eigenvalue weighted by Gasteiger charge is -2.20. The molecule has 9 heteroatoms. The third-order valence-electron chi connectivity index (χ3n) is 5.16. The van der Waals surface area contributed by atoms with Crippen molar-refractivity contribution in [2.24, 2.45) is 5.14 Å². The molecule has 4 aromatic rings. The first-order chi connectivity index (χ1) is 15.7. The van der Waals surface area contributed by atoms with Crippen molar-refractivity contribution in [1.29, 1.82) is 0 Å². The number of anilines is 1. The molecule has 0 aliphatic heterocycles. The van der Waals surface area contributed by atoms with Gasteiger partial charge in [-0.05, 0) is 43.2 Å². The standard InChI is InChI=1S/C24H24N4O4S/c1-16-12-19(17(2)26-20-10-6-7-11-21(20)33(25,30)31)24-27-22(13-23(29)28(24)14-16)32-15-18-8-4-3-5-9-18/h3-14,17,26H,15H2,1-2H3,(H2,25,30,31). The highest BCUT2D eigenvalue weighted by molar-refractivity contribution is 7.89. The number of nitrogens with two attached hydrogens (primary N) is 1. The minimum atomic E-state index is -3.91. The van der Waals surface area contributed by atoms with Gasteiger partial charge in [-0.1, -0.05) is 42.5 Å². The second-order valence-electron chi connectivity index (χ2n) is 7.78. The minimum absolute atomic E-state index is 0.00850. The Morgan fingerprint density at radius 3 is 2.52 bits per heavy atom. The molecule has 0 fully saturated rings. The number of fused-ring (bicyclic) bond motifs is 1. The smallest absolute Gasteiger partial charge is 0.261 e. The Balaban J connectivity index is 1.72. The number of nitrogens with zero attached hydrogens (tertiary/aromatic N) is 2. The van der Waals surface area contributed by atoms with Crippen LogP contribution in [0.1, 0.15) is 29.7 Å². The van der Waals surface area contributed by atoms with Crippen LogP contribution >= 0.6 is 0 Å². The molecule has 1 atom stereocenters. The van der Waals surface area contributed by atoms with Crippen LogP contribution in [0.3, 0.4) is 0 Å². The van der Waals surface area contributed by atoms with Gasteiger partial charge in [-0.25, -0.2) is 13.6 Å². The van der Waals surface area contributed by atoms with E-state index in [9.17, 15) is 13.2 Å². The van der Waals surface area contributed by atoms with Gasteiger partial charge >= 0.3 is 0 Å². The second kappa shape index (κ2) is 9.05. The fraction of sp³-hybridized carbons (Fsp3) is 0.167. The molecule has 170 valence electrons. The SMILES string of the molecule is Cc1cc(C(C)Nc2ccccc2S(N)(=O)=O)c2nc(OCc3ccccc3)cc(=O)n2c1. The Kier molecular flexibility index (Phi) is 6.17. The van der Waals surface area contributed by atoms with Gasteiger partial charge in [0.05, 0.1) is 17.8 Å². The van der Waals surface area contributed by atoms with Crippen LogP contribution in [0.25, 0.3) is 5.65 Å². The molecular formula is C24H24N4O4S. The third-order valence-corrected chi connectivity index (χ3v) is 6.13. The zero-order chi connectivity index (χ0) is 23.6. The topological polar surface area (TPSA) is 116 Å². The molecule has 0 saturated heterocycles. The van der Waals surface area contributed by atoms with Gasteiger partial charge in [0.2, 0.25) is 15.9 Å². The van der Waals surface area contributed by atoms with Crippen molar-refractivity contribution in [3.63, 3.8) is 0 Å². The van der Waals surface area contributed by atoms with Gasteiger partial charge < -0.3 is 10.1 Å². The van der Waals surface area contributed by atoms with Gasteiger partial charge in [-0.15, -0.1) is 0 Å². The number of rotatable bonds is 7. The molecule has 2 aromatic carbocycles. The number of aromatic nitrogens is 2. The molecule has 3 N–H and O–H groups in total. The van der Waals surface area contributed by atoms with E-state index >= 15 is 0 Å². The Labute approximate surface area is 191 Å². The lowest BCUT2D eigenvalue weighted by atomic mass is 10.1. The monoisotopic (exact) mass is 464 g/mol. The van der Waals surface area contributed by atoms with Crippen LogP contribution in [0, 0.1) is 6.92 Å². The third kappa shape index (κ3) is 5.05. The van der Waals surface area contributed by atoms with Gasteiger partial charge in [-0.3, -0.25) is 9.20 Å². The summed E-state index contributed by atoms with van der Waals surface area (Å²) >= 11 is 0. The summed E-state index contributed by atoms with van der Waals surface area (Å²) in [5, 5.41) is 8.56. The molecule has 0 amide bonds. The van der Waals surface area contributed by atoms with Crippen molar-refractivity contribution in [1.82, 2.24) is 9.38 Å². The lowest BCUT2D eigenvalue weighted by Crippen LogP contribution is -2.20. The number of benzene rings is 2. The van der Waals surface area contributed by atoms with E-state index in [1.807, 2.05) is 50.2 Å². The first kappa shape index (κ1) is 22.5. The fourth-order valence-electron chi connectivity index (χ4n) is 3.62. The number of nitrogens with one attached hydrogen (secondary N) is 1. The molecule has 0 spiro atoms. The summed E-state index contributed by atoms with van der Waals surface area (Å²) in [5.74, 6) is 0.214. The van der Waals surface area contributed by atoms with Gasteiger partial charge in [0, 0.05) is 11.8 Å². The van der Waals surface area contributed by atoms with E-state index in [1.54, 1.807) is 24.4 Å². The molecule has 1 unspecified atom stereocenters. The molecule has 0 radical (unpaired) electrons. The maximum absolute atomic E-state index is 12.8. The second-order valence-corrected chi connectivity index (χ2v) is 9.31. The first-order valence-corrected chi connectivity index (χ1v) is 11.9. The summed E-state index contributed by atoms with van der Waals surface area (Å²) in [6.07, 6.45) is 1.71. The predicted molar refractivity (Wildman–Crippen MR) is 127 cm³/mol. The minimum Gasteiger partial charge on any atom is -0.473 e. The first-order valence-electron chi connectivity index (χ1n) is 10.3. The van der Waals surface area contributed by atoms with Crippen molar-refractivity contribution < 1.29 is 13.2 Å². The van der Waals surface area contributed by atoms with Gasteiger partial charge in [0.1, 0.15) is 17.1 Å². The van der Waals surface area contributed by atoms with E-state index in [1.165, 1.54) is 16.5 Å². The number of pyridine rings is 1. The Bertz CT molecular complexity index is 1470. The van der Waals surface area contributed by atoms with Crippen LogP contribution in [0.4, 0.5) is 5.69 Å². The number of para-hydroxylation sites is 1. The molecule has 33 heavy (non-hydrogen) atoms. The number of primary sulfonamides is 1. The highest BCUT2D eigenvalue weighted by Crippen LogP contribution is 2.27. The van der Waals surface area contributed by atoms with Crippen molar-refractivity contribution in [3.8, 4) is 5.88 Å². The summed E-state index contributed by atoms with van der Waals surface area (Å²) < 4.78 is 31.2. The Morgan fingerprint density at radius 2 is 1.79 bits per heavy atom. The highest BCUT2D eigenvalue weighted by Gasteiger charge is 2.18. The summed E-state index contributed by atoms with van der Waals surface area (Å²) in [4.78, 5) is 17.4. The van der Waals surface area contributed by atoms with Crippen LogP contribution < -0.4 is 20.8 Å². The van der Waals surface area contributed by atoms with Crippen molar-refractivity contribution in [3.05, 3.63) is 100.0 Å². The van der Waals surface area contributed by atoms with Gasteiger partial charge in [0.15, 0.2) is 0 Å². The van der Waals surface area contributed by atoms with Gasteiger partial charge in [0.25, 0.3) is 5.56 Å².